The largest absolute Gasteiger partial charge is 0.481 e. The molecule has 0 aromatic heterocycles. The molecule has 0 saturated carbocycles. The van der Waals surface area contributed by atoms with Crippen LogP contribution < -0.4 is 10.1 Å². The van der Waals surface area contributed by atoms with Crippen LogP contribution in [0.2, 0.25) is 5.02 Å². The normalized spacial score (nSPS) is 13.8. The number of amides is 1. The van der Waals surface area contributed by atoms with Crippen molar-refractivity contribution < 1.29 is 9.53 Å². The molecule has 2 atom stereocenters. The Balaban J connectivity index is 2.46. The average molecular weight is 270 g/mol. The molecule has 3 nitrogen and oxygen atoms in total. The first kappa shape index (κ1) is 14.8. The van der Waals surface area contributed by atoms with Gasteiger partial charge in [-0.15, -0.1) is 0 Å². The first-order valence-corrected chi connectivity index (χ1v) is 6.63. The lowest BCUT2D eigenvalue weighted by molar-refractivity contribution is -0.127. The van der Waals surface area contributed by atoms with E-state index in [1.54, 1.807) is 31.2 Å². The van der Waals surface area contributed by atoms with Gasteiger partial charge in [-0.3, -0.25) is 4.79 Å². The second kappa shape index (κ2) is 7.27. The quantitative estimate of drug-likeness (QED) is 0.859. The first-order chi connectivity index (χ1) is 8.52. The van der Waals surface area contributed by atoms with Crippen molar-refractivity contribution in [2.24, 2.45) is 0 Å². The number of nitrogens with one attached hydrogen (secondary N) is 1. The van der Waals surface area contributed by atoms with Crippen LogP contribution in [0.3, 0.4) is 0 Å². The Morgan fingerprint density at radius 2 is 1.94 bits per heavy atom. The fraction of sp³-hybridized carbons (Fsp3) is 0.500. The van der Waals surface area contributed by atoms with Crippen LogP contribution in [0.25, 0.3) is 0 Å². The molecule has 1 N–H and O–H groups in total. The number of benzene rings is 1. The lowest BCUT2D eigenvalue weighted by Crippen LogP contribution is -2.41. The Morgan fingerprint density at radius 3 is 2.50 bits per heavy atom. The van der Waals surface area contributed by atoms with Gasteiger partial charge >= 0.3 is 0 Å². The molecule has 0 bridgehead atoms. The molecule has 0 fully saturated rings. The van der Waals surface area contributed by atoms with E-state index in [-0.39, 0.29) is 11.9 Å². The molecule has 0 aliphatic heterocycles. The van der Waals surface area contributed by atoms with Gasteiger partial charge in [0.15, 0.2) is 6.10 Å². The number of carbonyl (C=O) groups is 1. The highest BCUT2D eigenvalue weighted by Crippen LogP contribution is 2.16. The third-order valence-corrected chi connectivity index (χ3v) is 2.86. The van der Waals surface area contributed by atoms with Crippen molar-refractivity contribution in [2.45, 2.75) is 45.8 Å². The minimum Gasteiger partial charge on any atom is -0.481 e. The van der Waals surface area contributed by atoms with Gasteiger partial charge in [-0.25, -0.2) is 0 Å². The minimum atomic E-state index is -0.509. The van der Waals surface area contributed by atoms with E-state index in [1.807, 2.05) is 6.92 Å². The molecule has 0 saturated heterocycles. The summed E-state index contributed by atoms with van der Waals surface area (Å²) in [5.74, 6) is 0.552. The molecule has 1 aromatic carbocycles. The Bertz CT molecular complexity index is 378. The van der Waals surface area contributed by atoms with Crippen molar-refractivity contribution >= 4 is 17.5 Å². The van der Waals surface area contributed by atoms with Crippen LogP contribution in [0.1, 0.15) is 33.6 Å². The third kappa shape index (κ3) is 4.96. The molecule has 0 heterocycles. The second-order valence-corrected chi connectivity index (χ2v) is 4.85. The van der Waals surface area contributed by atoms with Gasteiger partial charge in [-0.05, 0) is 44.5 Å². The summed E-state index contributed by atoms with van der Waals surface area (Å²) < 4.78 is 5.54. The third-order valence-electron chi connectivity index (χ3n) is 2.61. The summed E-state index contributed by atoms with van der Waals surface area (Å²) in [5, 5.41) is 3.57. The van der Waals surface area contributed by atoms with Gasteiger partial charge in [0.25, 0.3) is 5.91 Å². The van der Waals surface area contributed by atoms with Crippen LogP contribution >= 0.6 is 11.6 Å². The highest BCUT2D eigenvalue weighted by atomic mass is 35.5. The lowest BCUT2D eigenvalue weighted by atomic mass is 10.2. The molecule has 0 unspecified atom stereocenters. The summed E-state index contributed by atoms with van der Waals surface area (Å²) in [6.45, 7) is 5.83. The van der Waals surface area contributed by atoms with Gasteiger partial charge in [0.1, 0.15) is 5.75 Å². The zero-order valence-electron chi connectivity index (χ0n) is 11.1. The van der Waals surface area contributed by atoms with Crippen LogP contribution in [0, 0.1) is 0 Å². The van der Waals surface area contributed by atoms with Crippen LogP contribution in [-0.2, 0) is 4.79 Å². The topological polar surface area (TPSA) is 38.3 Å². The van der Waals surface area contributed by atoms with Gasteiger partial charge in [0.2, 0.25) is 0 Å². The molecule has 4 heteroatoms. The number of halogens is 1. The number of carbonyl (C=O) groups excluding carboxylic acids is 1. The predicted molar refractivity (Wildman–Crippen MR) is 74.1 cm³/mol. The maximum Gasteiger partial charge on any atom is 0.260 e. The summed E-state index contributed by atoms with van der Waals surface area (Å²) in [6.07, 6.45) is 1.51. The van der Waals surface area contributed by atoms with Gasteiger partial charge < -0.3 is 10.1 Å². The SMILES string of the molecule is CCC[C@H](C)NC(=O)[C@H](C)Oc1ccc(Cl)cc1. The van der Waals surface area contributed by atoms with Gasteiger partial charge in [0, 0.05) is 11.1 Å². The fourth-order valence-corrected chi connectivity index (χ4v) is 1.76. The Labute approximate surface area is 113 Å². The lowest BCUT2D eigenvalue weighted by Gasteiger charge is -2.18. The van der Waals surface area contributed by atoms with Gasteiger partial charge in [0.05, 0.1) is 0 Å². The minimum absolute atomic E-state index is 0.0918. The van der Waals surface area contributed by atoms with E-state index in [4.69, 9.17) is 16.3 Å². The fourth-order valence-electron chi connectivity index (χ4n) is 1.64. The summed E-state index contributed by atoms with van der Waals surface area (Å²) in [7, 11) is 0. The number of rotatable bonds is 6. The maximum absolute atomic E-state index is 11.8. The standard InChI is InChI=1S/C14H20ClNO2/c1-4-5-10(2)16-14(17)11(3)18-13-8-6-12(15)7-9-13/h6-11H,4-5H2,1-3H3,(H,16,17)/t10-,11-/m0/s1. The van der Waals surface area contributed by atoms with Crippen LogP contribution in [0.5, 0.6) is 5.75 Å². The molecule has 18 heavy (non-hydrogen) atoms. The smallest absolute Gasteiger partial charge is 0.260 e. The molecule has 0 radical (unpaired) electrons. The van der Waals surface area contributed by atoms with E-state index in [2.05, 4.69) is 12.2 Å². The maximum atomic E-state index is 11.8. The summed E-state index contributed by atoms with van der Waals surface area (Å²) >= 11 is 5.78. The Hall–Kier alpha value is -1.22. The van der Waals surface area contributed by atoms with Crippen molar-refractivity contribution in [3.63, 3.8) is 0 Å². The molecule has 1 rings (SSSR count). The van der Waals surface area contributed by atoms with Gasteiger partial charge in [-0.2, -0.15) is 0 Å². The predicted octanol–water partition coefficient (Wildman–Crippen LogP) is 3.41. The Morgan fingerprint density at radius 1 is 1.33 bits per heavy atom. The Kier molecular flexibility index (Phi) is 5.99. The van der Waals surface area contributed by atoms with Crippen molar-refractivity contribution in [3.05, 3.63) is 29.3 Å². The average Bonchev–Trinajstić information content (AvgIpc) is 2.32. The van der Waals surface area contributed by atoms with E-state index < -0.39 is 6.10 Å². The van der Waals surface area contributed by atoms with E-state index in [9.17, 15) is 4.79 Å². The zero-order chi connectivity index (χ0) is 13.5. The molecule has 0 spiro atoms. The van der Waals surface area contributed by atoms with Crippen LogP contribution in [0.4, 0.5) is 0 Å². The van der Waals surface area contributed by atoms with Crippen molar-refractivity contribution in [3.8, 4) is 5.75 Å². The van der Waals surface area contributed by atoms with Crippen LogP contribution in [-0.4, -0.2) is 18.1 Å². The molecule has 100 valence electrons. The second-order valence-electron chi connectivity index (χ2n) is 4.41. The molecular formula is C14H20ClNO2. The molecule has 0 aliphatic carbocycles. The molecule has 1 amide bonds. The van der Waals surface area contributed by atoms with E-state index in [0.717, 1.165) is 12.8 Å². The number of ether oxygens (including phenoxy) is 1. The van der Waals surface area contributed by atoms with Gasteiger partial charge in [-0.1, -0.05) is 24.9 Å². The summed E-state index contributed by atoms with van der Waals surface area (Å²) in [5.41, 5.74) is 0. The van der Waals surface area contributed by atoms with Crippen LogP contribution in [0.15, 0.2) is 24.3 Å². The van der Waals surface area contributed by atoms with E-state index >= 15 is 0 Å². The summed E-state index contributed by atoms with van der Waals surface area (Å²) in [4.78, 5) is 11.8. The molecular weight excluding hydrogens is 250 g/mol. The number of hydrogen-bond acceptors (Lipinski definition) is 2. The summed E-state index contributed by atoms with van der Waals surface area (Å²) in [6, 6.07) is 7.16. The first-order valence-electron chi connectivity index (χ1n) is 6.25. The van der Waals surface area contributed by atoms with E-state index in [1.165, 1.54) is 0 Å². The number of hydrogen-bond donors (Lipinski definition) is 1. The van der Waals surface area contributed by atoms with Crippen molar-refractivity contribution in [2.75, 3.05) is 0 Å². The molecule has 1 aromatic rings. The van der Waals surface area contributed by atoms with Crippen molar-refractivity contribution in [1.29, 1.82) is 0 Å². The molecule has 0 aliphatic rings. The highest BCUT2D eigenvalue weighted by molar-refractivity contribution is 6.30. The highest BCUT2D eigenvalue weighted by Gasteiger charge is 2.16. The van der Waals surface area contributed by atoms with Crippen molar-refractivity contribution in [1.82, 2.24) is 5.32 Å². The zero-order valence-corrected chi connectivity index (χ0v) is 11.8. The van der Waals surface area contributed by atoms with E-state index in [0.29, 0.717) is 10.8 Å². The monoisotopic (exact) mass is 269 g/mol.